The van der Waals surface area contributed by atoms with Crippen molar-refractivity contribution in [2.24, 2.45) is 7.05 Å². The molecule has 5 rings (SSSR count). The number of rotatable bonds is 7. The van der Waals surface area contributed by atoms with Gasteiger partial charge in [0.25, 0.3) is 5.56 Å². The molecule has 3 aromatic heterocycles. The summed E-state index contributed by atoms with van der Waals surface area (Å²) >= 11 is 6.28. The highest BCUT2D eigenvalue weighted by Gasteiger charge is 2.23. The van der Waals surface area contributed by atoms with Gasteiger partial charge in [0.05, 0.1) is 24.5 Å². The molecule has 1 atom stereocenters. The summed E-state index contributed by atoms with van der Waals surface area (Å²) in [5.74, 6) is 0.0685. The maximum atomic E-state index is 13.3. The molecule has 0 aliphatic carbocycles. The van der Waals surface area contributed by atoms with Crippen LogP contribution in [0.25, 0.3) is 27.7 Å². The first-order chi connectivity index (χ1) is 17.9. The Kier molecular flexibility index (Phi) is 6.45. The second kappa shape index (κ2) is 9.86. The third-order valence-electron chi connectivity index (χ3n) is 6.02. The lowest BCUT2D eigenvalue weighted by Gasteiger charge is -2.20. The number of nitrogens with zero attached hydrogens (tertiary/aromatic N) is 7. The van der Waals surface area contributed by atoms with Crippen LogP contribution in [0.2, 0.25) is 5.02 Å². The topological polar surface area (TPSA) is 122 Å². The molecular weight excluding hydrogens is 496 g/mol. The zero-order valence-corrected chi connectivity index (χ0v) is 21.0. The Morgan fingerprint density at radius 3 is 2.70 bits per heavy atom. The summed E-state index contributed by atoms with van der Waals surface area (Å²) in [6, 6.07) is 11.3. The van der Waals surface area contributed by atoms with E-state index in [1.165, 1.54) is 28.8 Å². The summed E-state index contributed by atoms with van der Waals surface area (Å²) in [6.07, 6.45) is 5.24. The lowest BCUT2D eigenvalue weighted by atomic mass is 10.0. The van der Waals surface area contributed by atoms with Crippen molar-refractivity contribution < 1.29 is 9.53 Å². The van der Waals surface area contributed by atoms with Gasteiger partial charge in [-0.05, 0) is 53.2 Å². The largest absolute Gasteiger partial charge is 0.495 e. The van der Waals surface area contributed by atoms with E-state index in [4.69, 9.17) is 16.3 Å². The van der Waals surface area contributed by atoms with Gasteiger partial charge < -0.3 is 10.1 Å². The summed E-state index contributed by atoms with van der Waals surface area (Å²) < 4.78 is 10.2. The fraction of sp³-hybridized carbons (Fsp3) is 0.200. The molecule has 1 amide bonds. The Balaban J connectivity index is 1.52. The van der Waals surface area contributed by atoms with E-state index < -0.39 is 6.04 Å². The molecule has 12 heteroatoms. The molecule has 0 radical (unpaired) electrons. The van der Waals surface area contributed by atoms with Gasteiger partial charge in [-0.2, -0.15) is 9.78 Å². The molecule has 37 heavy (non-hydrogen) atoms. The van der Waals surface area contributed by atoms with Gasteiger partial charge in [-0.15, -0.1) is 5.10 Å². The van der Waals surface area contributed by atoms with Crippen molar-refractivity contribution in [2.45, 2.75) is 19.4 Å². The Bertz CT molecular complexity index is 1660. The minimum atomic E-state index is -0.765. The molecule has 0 fully saturated rings. The fourth-order valence-corrected chi connectivity index (χ4v) is 4.47. The number of fused-ring (bicyclic) bond motifs is 1. The zero-order chi connectivity index (χ0) is 26.1. The molecule has 11 nitrogen and oxygen atoms in total. The summed E-state index contributed by atoms with van der Waals surface area (Å²) in [6.45, 7) is 1.84. The summed E-state index contributed by atoms with van der Waals surface area (Å²) in [5, 5.41) is 20.0. The number of aromatic nitrogens is 7. The van der Waals surface area contributed by atoms with E-state index in [-0.39, 0.29) is 11.5 Å². The van der Waals surface area contributed by atoms with Crippen molar-refractivity contribution in [1.29, 1.82) is 0 Å². The molecule has 2 aromatic carbocycles. The van der Waals surface area contributed by atoms with E-state index in [1.807, 2.05) is 32.3 Å². The van der Waals surface area contributed by atoms with Crippen molar-refractivity contribution in [3.05, 3.63) is 76.6 Å². The number of ether oxygens (including phenoxy) is 1. The maximum absolute atomic E-state index is 13.3. The Morgan fingerprint density at radius 2 is 1.97 bits per heavy atom. The number of carbonyl (C=O) groups is 1. The SMILES string of the molecule is CC[C@@H](C(=O)Nc1ccc2nn(C)cc2c1)n1cc(OC)c(-c2cc(Cl)ccc2-n2cnnn2)cc1=O. The molecule has 0 aliphatic heterocycles. The van der Waals surface area contributed by atoms with Gasteiger partial charge >= 0.3 is 0 Å². The van der Waals surface area contributed by atoms with Crippen molar-refractivity contribution in [3.63, 3.8) is 0 Å². The molecule has 0 saturated carbocycles. The second-order valence-corrected chi connectivity index (χ2v) is 8.84. The molecule has 0 saturated heterocycles. The van der Waals surface area contributed by atoms with E-state index in [9.17, 15) is 9.59 Å². The van der Waals surface area contributed by atoms with Crippen molar-refractivity contribution in [1.82, 2.24) is 34.6 Å². The van der Waals surface area contributed by atoms with Gasteiger partial charge in [0.2, 0.25) is 5.91 Å². The van der Waals surface area contributed by atoms with Crippen LogP contribution < -0.4 is 15.6 Å². The standard InChI is InChI=1S/C25H23ClN8O3/c1-4-21(25(36)28-17-6-7-20-15(9-17)12-32(2)29-20)33-13-23(37-3)19(11-24(33)35)18-10-16(26)5-8-22(18)34-14-27-30-31-34/h5-14,21H,4H2,1-3H3,(H,28,36)/t21-/m0/s1. The van der Waals surface area contributed by atoms with Crippen LogP contribution in [0.3, 0.4) is 0 Å². The van der Waals surface area contributed by atoms with Crippen LogP contribution in [0.1, 0.15) is 19.4 Å². The lowest BCUT2D eigenvalue weighted by molar-refractivity contribution is -0.119. The molecule has 0 aliphatic rings. The van der Waals surface area contributed by atoms with Crippen LogP contribution in [0, 0.1) is 0 Å². The van der Waals surface area contributed by atoms with Crippen molar-refractivity contribution >= 4 is 34.1 Å². The van der Waals surface area contributed by atoms with E-state index in [0.717, 1.165) is 10.9 Å². The average molecular weight is 519 g/mol. The van der Waals surface area contributed by atoms with Gasteiger partial charge in [0.1, 0.15) is 18.1 Å². The second-order valence-electron chi connectivity index (χ2n) is 8.41. The first-order valence-electron chi connectivity index (χ1n) is 11.5. The Hall–Kier alpha value is -4.51. The number of carbonyl (C=O) groups excluding carboxylic acids is 1. The third kappa shape index (κ3) is 4.68. The highest BCUT2D eigenvalue weighted by Crippen LogP contribution is 2.35. The molecular formula is C25H23ClN8O3. The molecule has 0 spiro atoms. The third-order valence-corrected chi connectivity index (χ3v) is 6.26. The van der Waals surface area contributed by atoms with Crippen LogP contribution in [-0.2, 0) is 11.8 Å². The predicted octanol–water partition coefficient (Wildman–Crippen LogP) is 3.63. The zero-order valence-electron chi connectivity index (χ0n) is 20.3. The van der Waals surface area contributed by atoms with Gasteiger partial charge in [0, 0.05) is 46.5 Å². The molecule has 0 bridgehead atoms. The number of tetrazole rings is 1. The first-order valence-corrected chi connectivity index (χ1v) is 11.8. The van der Waals surface area contributed by atoms with Gasteiger partial charge in [-0.25, -0.2) is 0 Å². The predicted molar refractivity (Wildman–Crippen MR) is 139 cm³/mol. The number of hydrogen-bond donors (Lipinski definition) is 1. The van der Waals surface area contributed by atoms with E-state index in [1.54, 1.807) is 35.1 Å². The Morgan fingerprint density at radius 1 is 1.14 bits per heavy atom. The highest BCUT2D eigenvalue weighted by molar-refractivity contribution is 6.31. The Labute approximate surface area is 216 Å². The normalized spacial score (nSPS) is 12.0. The van der Waals surface area contributed by atoms with E-state index >= 15 is 0 Å². The number of pyridine rings is 1. The number of amides is 1. The van der Waals surface area contributed by atoms with E-state index in [0.29, 0.717) is 39.7 Å². The number of anilines is 1. The molecule has 5 aromatic rings. The first kappa shape index (κ1) is 24.2. The number of hydrogen-bond acceptors (Lipinski definition) is 7. The summed E-state index contributed by atoms with van der Waals surface area (Å²) in [5.41, 5.74) is 2.78. The smallest absolute Gasteiger partial charge is 0.252 e. The van der Waals surface area contributed by atoms with Crippen molar-refractivity contribution in [3.8, 4) is 22.6 Å². The van der Waals surface area contributed by atoms with Crippen LogP contribution in [-0.4, -0.2) is 47.6 Å². The van der Waals surface area contributed by atoms with Crippen LogP contribution in [0.4, 0.5) is 5.69 Å². The highest BCUT2D eigenvalue weighted by atomic mass is 35.5. The van der Waals surface area contributed by atoms with Gasteiger partial charge in [-0.1, -0.05) is 18.5 Å². The van der Waals surface area contributed by atoms with E-state index in [2.05, 4.69) is 25.9 Å². The molecule has 3 heterocycles. The quantitative estimate of drug-likeness (QED) is 0.349. The minimum absolute atomic E-state index is 0.320. The number of methoxy groups -OCH3 is 1. The molecule has 188 valence electrons. The number of halogens is 1. The number of aryl methyl sites for hydroxylation is 1. The minimum Gasteiger partial charge on any atom is -0.495 e. The van der Waals surface area contributed by atoms with Gasteiger partial charge in [0.15, 0.2) is 0 Å². The van der Waals surface area contributed by atoms with Gasteiger partial charge in [-0.3, -0.25) is 18.8 Å². The summed E-state index contributed by atoms with van der Waals surface area (Å²) in [4.78, 5) is 26.6. The summed E-state index contributed by atoms with van der Waals surface area (Å²) in [7, 11) is 3.34. The maximum Gasteiger partial charge on any atom is 0.252 e. The van der Waals surface area contributed by atoms with Crippen molar-refractivity contribution in [2.75, 3.05) is 12.4 Å². The molecule has 1 N–H and O–H groups in total. The van der Waals surface area contributed by atoms with Crippen LogP contribution in [0.5, 0.6) is 5.75 Å². The number of nitrogens with one attached hydrogen (secondary N) is 1. The van der Waals surface area contributed by atoms with Crippen LogP contribution >= 0.6 is 11.6 Å². The average Bonchev–Trinajstić information content (AvgIpc) is 3.54. The number of benzene rings is 2. The monoisotopic (exact) mass is 518 g/mol. The molecule has 0 unspecified atom stereocenters. The van der Waals surface area contributed by atoms with Crippen LogP contribution in [0.15, 0.2) is 66.0 Å². The fourth-order valence-electron chi connectivity index (χ4n) is 4.30. The lowest BCUT2D eigenvalue weighted by Crippen LogP contribution is -2.32.